The molecule has 2 aliphatic rings. The van der Waals surface area contributed by atoms with Crippen LogP contribution in [0.2, 0.25) is 5.02 Å². The van der Waals surface area contributed by atoms with Gasteiger partial charge in [-0.3, -0.25) is 9.69 Å². The van der Waals surface area contributed by atoms with Gasteiger partial charge in [-0.15, -0.1) is 12.4 Å². The lowest BCUT2D eigenvalue weighted by Gasteiger charge is -2.32. The topological polar surface area (TPSA) is 57.7 Å². The second-order valence-corrected chi connectivity index (χ2v) is 6.33. The van der Waals surface area contributed by atoms with Crippen LogP contribution in [0.4, 0.5) is 0 Å². The van der Waals surface area contributed by atoms with E-state index in [4.69, 9.17) is 16.3 Å². The number of hydrogen-bond acceptors (Lipinski definition) is 5. The number of nitrogens with one attached hydrogen (secondary N) is 1. The summed E-state index contributed by atoms with van der Waals surface area (Å²) in [6, 6.07) is 2.12. The average Bonchev–Trinajstić information content (AvgIpc) is 3.07. The van der Waals surface area contributed by atoms with E-state index in [1.54, 1.807) is 12.3 Å². The number of pyridine rings is 1. The van der Waals surface area contributed by atoms with E-state index < -0.39 is 0 Å². The minimum atomic E-state index is 0. The summed E-state index contributed by atoms with van der Waals surface area (Å²) in [5, 5.41) is 3.75. The van der Waals surface area contributed by atoms with Crippen molar-refractivity contribution in [2.45, 2.75) is 19.4 Å². The molecule has 1 aromatic heterocycles. The number of carbonyl (C=O) groups is 1. The largest absolute Gasteiger partial charge is 0.477 e. The second-order valence-electron chi connectivity index (χ2n) is 5.92. The molecule has 0 spiro atoms. The van der Waals surface area contributed by atoms with Crippen molar-refractivity contribution in [3.63, 3.8) is 0 Å². The number of aromatic nitrogens is 1. The molecule has 0 aliphatic carbocycles. The van der Waals surface area contributed by atoms with Gasteiger partial charge in [0, 0.05) is 51.5 Å². The number of likely N-dealkylation sites (tertiary alicyclic amines) is 1. The third-order valence-electron chi connectivity index (χ3n) is 4.45. The fourth-order valence-corrected chi connectivity index (χ4v) is 3.46. The molecular weight excluding hydrogens is 351 g/mol. The van der Waals surface area contributed by atoms with Gasteiger partial charge < -0.3 is 15.0 Å². The Labute approximate surface area is 153 Å². The van der Waals surface area contributed by atoms with Crippen LogP contribution in [0, 0.1) is 0 Å². The Hall–Kier alpha value is -1.08. The smallest absolute Gasteiger partial charge is 0.255 e. The van der Waals surface area contributed by atoms with Gasteiger partial charge in [-0.25, -0.2) is 4.98 Å². The maximum absolute atomic E-state index is 12.7. The predicted octanol–water partition coefficient (Wildman–Crippen LogP) is 1.68. The minimum Gasteiger partial charge on any atom is -0.477 e. The second kappa shape index (κ2) is 8.85. The van der Waals surface area contributed by atoms with Crippen molar-refractivity contribution in [1.82, 2.24) is 20.1 Å². The molecule has 0 aromatic carbocycles. The number of halogens is 2. The van der Waals surface area contributed by atoms with Crippen LogP contribution in [0.15, 0.2) is 12.3 Å². The molecule has 134 valence electrons. The summed E-state index contributed by atoms with van der Waals surface area (Å²) in [4.78, 5) is 21.2. The molecule has 2 saturated heterocycles. The Balaban J connectivity index is 0.00000208. The molecule has 0 saturated carbocycles. The van der Waals surface area contributed by atoms with Crippen LogP contribution in [0.25, 0.3) is 0 Å². The van der Waals surface area contributed by atoms with Gasteiger partial charge in [-0.1, -0.05) is 11.6 Å². The van der Waals surface area contributed by atoms with Gasteiger partial charge in [-0.05, 0) is 19.4 Å². The van der Waals surface area contributed by atoms with Crippen molar-refractivity contribution in [3.8, 4) is 5.88 Å². The van der Waals surface area contributed by atoms with Crippen molar-refractivity contribution >= 4 is 29.9 Å². The summed E-state index contributed by atoms with van der Waals surface area (Å²) in [6.45, 7) is 8.12. The molecule has 6 nitrogen and oxygen atoms in total. The first kappa shape index (κ1) is 19.2. The number of hydrogen-bond donors (Lipinski definition) is 1. The predicted molar refractivity (Wildman–Crippen MR) is 96.4 cm³/mol. The SMILES string of the molecule is CCOc1ncc(C(=O)N2CCC(N3CCNCC3)C2)cc1Cl.Cl. The third-order valence-corrected chi connectivity index (χ3v) is 4.72. The van der Waals surface area contributed by atoms with Crippen LogP contribution in [0.1, 0.15) is 23.7 Å². The van der Waals surface area contributed by atoms with Gasteiger partial charge in [0.2, 0.25) is 5.88 Å². The Morgan fingerprint density at radius 2 is 2.17 bits per heavy atom. The molecule has 1 N–H and O–H groups in total. The summed E-state index contributed by atoms with van der Waals surface area (Å²) < 4.78 is 5.31. The van der Waals surface area contributed by atoms with E-state index in [0.29, 0.717) is 29.1 Å². The number of carbonyl (C=O) groups excluding carboxylic acids is 1. The Morgan fingerprint density at radius 1 is 1.42 bits per heavy atom. The first-order chi connectivity index (χ1) is 11.2. The maximum Gasteiger partial charge on any atom is 0.255 e. The molecular formula is C16H24Cl2N4O2. The van der Waals surface area contributed by atoms with E-state index >= 15 is 0 Å². The fourth-order valence-electron chi connectivity index (χ4n) is 3.24. The van der Waals surface area contributed by atoms with Crippen LogP contribution < -0.4 is 10.1 Å². The minimum absolute atomic E-state index is 0. The van der Waals surface area contributed by atoms with Crippen molar-refractivity contribution in [3.05, 3.63) is 22.8 Å². The fraction of sp³-hybridized carbons (Fsp3) is 0.625. The van der Waals surface area contributed by atoms with Gasteiger partial charge in [0.1, 0.15) is 5.02 Å². The zero-order valence-corrected chi connectivity index (χ0v) is 15.4. The molecule has 0 bridgehead atoms. The summed E-state index contributed by atoms with van der Waals surface area (Å²) in [5.41, 5.74) is 0.527. The lowest BCUT2D eigenvalue weighted by Crippen LogP contribution is -2.49. The lowest BCUT2D eigenvalue weighted by molar-refractivity contribution is 0.0773. The van der Waals surface area contributed by atoms with E-state index in [9.17, 15) is 4.79 Å². The molecule has 1 aromatic rings. The van der Waals surface area contributed by atoms with Gasteiger partial charge in [0.25, 0.3) is 5.91 Å². The normalized spacial score (nSPS) is 21.4. The van der Waals surface area contributed by atoms with Gasteiger partial charge >= 0.3 is 0 Å². The first-order valence-corrected chi connectivity index (χ1v) is 8.59. The quantitative estimate of drug-likeness (QED) is 0.868. The number of amides is 1. The zero-order valence-electron chi connectivity index (χ0n) is 13.8. The maximum atomic E-state index is 12.7. The lowest BCUT2D eigenvalue weighted by atomic mass is 10.2. The highest BCUT2D eigenvalue weighted by Crippen LogP contribution is 2.24. The van der Waals surface area contributed by atoms with E-state index in [0.717, 1.165) is 45.7 Å². The summed E-state index contributed by atoms with van der Waals surface area (Å²) in [7, 11) is 0. The van der Waals surface area contributed by atoms with Crippen LogP contribution in [-0.2, 0) is 0 Å². The van der Waals surface area contributed by atoms with Gasteiger partial charge in [0.05, 0.1) is 12.2 Å². The van der Waals surface area contributed by atoms with Gasteiger partial charge in [0.15, 0.2) is 0 Å². The zero-order chi connectivity index (χ0) is 16.2. The summed E-state index contributed by atoms with van der Waals surface area (Å²) in [6.07, 6.45) is 2.58. The van der Waals surface area contributed by atoms with Crippen molar-refractivity contribution in [2.24, 2.45) is 0 Å². The summed E-state index contributed by atoms with van der Waals surface area (Å²) in [5.74, 6) is 0.380. The molecule has 8 heteroatoms. The van der Waals surface area contributed by atoms with E-state index in [1.165, 1.54) is 0 Å². The Bertz CT molecular complexity index is 567. The van der Waals surface area contributed by atoms with Crippen LogP contribution >= 0.6 is 24.0 Å². The number of rotatable bonds is 4. The molecule has 1 amide bonds. The molecule has 0 radical (unpaired) electrons. The highest BCUT2D eigenvalue weighted by Gasteiger charge is 2.31. The monoisotopic (exact) mass is 374 g/mol. The highest BCUT2D eigenvalue weighted by atomic mass is 35.5. The molecule has 1 unspecified atom stereocenters. The summed E-state index contributed by atoms with van der Waals surface area (Å²) >= 11 is 6.14. The van der Waals surface area contributed by atoms with E-state index in [-0.39, 0.29) is 18.3 Å². The number of nitrogens with zero attached hydrogens (tertiary/aromatic N) is 3. The average molecular weight is 375 g/mol. The third kappa shape index (κ3) is 4.30. The van der Waals surface area contributed by atoms with Gasteiger partial charge in [-0.2, -0.15) is 0 Å². The van der Waals surface area contributed by atoms with Crippen molar-refractivity contribution in [2.75, 3.05) is 45.9 Å². The van der Waals surface area contributed by atoms with Crippen molar-refractivity contribution in [1.29, 1.82) is 0 Å². The molecule has 24 heavy (non-hydrogen) atoms. The van der Waals surface area contributed by atoms with Crippen LogP contribution in [0.5, 0.6) is 5.88 Å². The highest BCUT2D eigenvalue weighted by molar-refractivity contribution is 6.32. The number of ether oxygens (including phenoxy) is 1. The van der Waals surface area contributed by atoms with Crippen LogP contribution in [-0.4, -0.2) is 72.6 Å². The molecule has 2 fully saturated rings. The van der Waals surface area contributed by atoms with Crippen molar-refractivity contribution < 1.29 is 9.53 Å². The van der Waals surface area contributed by atoms with E-state index in [1.807, 2.05) is 11.8 Å². The van der Waals surface area contributed by atoms with Crippen LogP contribution in [0.3, 0.4) is 0 Å². The van der Waals surface area contributed by atoms with E-state index in [2.05, 4.69) is 15.2 Å². The molecule has 3 rings (SSSR count). The molecule has 1 atom stereocenters. The molecule has 3 heterocycles. The first-order valence-electron chi connectivity index (χ1n) is 8.21. The Morgan fingerprint density at radius 3 is 2.83 bits per heavy atom. The number of piperazine rings is 1. The Kier molecular flexibility index (Phi) is 7.10. The standard InChI is InChI=1S/C16H23ClN4O2.ClH/c1-2-23-15-14(17)9-12(10-19-15)16(22)21-6-3-13(11-21)20-7-4-18-5-8-20;/h9-10,13,18H,2-8,11H2,1H3;1H. The molecule has 2 aliphatic heterocycles.